The molecule has 0 atom stereocenters. The Labute approximate surface area is 183 Å². The minimum atomic E-state index is -0.561. The van der Waals surface area contributed by atoms with Crippen LogP contribution in [-0.4, -0.2) is 47.8 Å². The molecule has 2 amide bonds. The third-order valence-corrected chi connectivity index (χ3v) is 5.64. The Morgan fingerprint density at radius 3 is 1.71 bits per heavy atom. The Morgan fingerprint density at radius 1 is 0.710 bits per heavy atom. The summed E-state index contributed by atoms with van der Waals surface area (Å²) in [7, 11) is 0. The molecule has 1 heterocycles. The zero-order chi connectivity index (χ0) is 21.5. The topological polar surface area (TPSA) is 52.7 Å². The standard InChI is InChI=1S/C26H27N3O2/c30-25(27-24(22-12-6-2-7-13-22)23-14-8-3-9-15-23)26(31)29-18-16-28(17-19-29)20-21-10-4-1-5-11-21/h1-15,24H,16-20H2,(H,27,30). The van der Waals surface area contributed by atoms with Gasteiger partial charge in [-0.05, 0) is 16.7 Å². The molecule has 0 spiro atoms. The molecule has 31 heavy (non-hydrogen) atoms. The van der Waals surface area contributed by atoms with Crippen molar-refractivity contribution in [3.8, 4) is 0 Å². The molecular weight excluding hydrogens is 386 g/mol. The maximum Gasteiger partial charge on any atom is 0.311 e. The van der Waals surface area contributed by atoms with Gasteiger partial charge in [0.1, 0.15) is 0 Å². The van der Waals surface area contributed by atoms with Crippen LogP contribution in [0.4, 0.5) is 0 Å². The second-order valence-corrected chi connectivity index (χ2v) is 7.78. The number of rotatable bonds is 5. The zero-order valence-corrected chi connectivity index (χ0v) is 17.5. The Balaban J connectivity index is 1.38. The van der Waals surface area contributed by atoms with E-state index < -0.39 is 11.8 Å². The van der Waals surface area contributed by atoms with Gasteiger partial charge in [0.05, 0.1) is 6.04 Å². The first-order valence-corrected chi connectivity index (χ1v) is 10.7. The number of piperazine rings is 1. The monoisotopic (exact) mass is 413 g/mol. The lowest BCUT2D eigenvalue weighted by Gasteiger charge is -2.34. The third kappa shape index (κ3) is 5.38. The highest BCUT2D eigenvalue weighted by molar-refractivity contribution is 6.35. The summed E-state index contributed by atoms with van der Waals surface area (Å²) in [6.07, 6.45) is 0. The van der Waals surface area contributed by atoms with Crippen LogP contribution in [0.5, 0.6) is 0 Å². The fourth-order valence-electron chi connectivity index (χ4n) is 3.94. The van der Waals surface area contributed by atoms with Crippen LogP contribution in [-0.2, 0) is 16.1 Å². The quantitative estimate of drug-likeness (QED) is 0.654. The largest absolute Gasteiger partial charge is 0.337 e. The van der Waals surface area contributed by atoms with E-state index in [1.807, 2.05) is 78.9 Å². The molecule has 0 bridgehead atoms. The molecule has 0 aliphatic carbocycles. The minimum Gasteiger partial charge on any atom is -0.337 e. The van der Waals surface area contributed by atoms with Crippen molar-refractivity contribution in [2.45, 2.75) is 12.6 Å². The summed E-state index contributed by atoms with van der Waals surface area (Å²) in [5, 5.41) is 2.95. The molecule has 0 unspecified atom stereocenters. The van der Waals surface area contributed by atoms with E-state index in [9.17, 15) is 9.59 Å². The molecule has 4 rings (SSSR count). The number of carbonyl (C=O) groups is 2. The molecule has 0 aromatic heterocycles. The highest BCUT2D eigenvalue weighted by Crippen LogP contribution is 2.22. The molecule has 1 saturated heterocycles. The summed E-state index contributed by atoms with van der Waals surface area (Å²) in [5.41, 5.74) is 3.15. The van der Waals surface area contributed by atoms with Gasteiger partial charge in [0.15, 0.2) is 0 Å². The molecule has 5 heteroatoms. The van der Waals surface area contributed by atoms with Crippen LogP contribution in [0.25, 0.3) is 0 Å². The van der Waals surface area contributed by atoms with Crippen molar-refractivity contribution < 1.29 is 9.59 Å². The molecule has 3 aromatic carbocycles. The lowest BCUT2D eigenvalue weighted by Crippen LogP contribution is -2.52. The fourth-order valence-corrected chi connectivity index (χ4v) is 3.94. The van der Waals surface area contributed by atoms with Gasteiger partial charge in [-0.3, -0.25) is 14.5 Å². The van der Waals surface area contributed by atoms with E-state index >= 15 is 0 Å². The van der Waals surface area contributed by atoms with Crippen LogP contribution in [0.3, 0.4) is 0 Å². The fraction of sp³-hybridized carbons (Fsp3) is 0.231. The molecule has 0 radical (unpaired) electrons. The molecule has 1 aliphatic rings. The third-order valence-electron chi connectivity index (χ3n) is 5.64. The predicted molar refractivity (Wildman–Crippen MR) is 121 cm³/mol. The number of nitrogens with zero attached hydrogens (tertiary/aromatic N) is 2. The summed E-state index contributed by atoms with van der Waals surface area (Å²) < 4.78 is 0. The van der Waals surface area contributed by atoms with Gasteiger partial charge in [0.25, 0.3) is 0 Å². The SMILES string of the molecule is O=C(NC(c1ccccc1)c1ccccc1)C(=O)N1CCN(Cc2ccccc2)CC1. The lowest BCUT2D eigenvalue weighted by molar-refractivity contribution is -0.147. The summed E-state index contributed by atoms with van der Waals surface area (Å²) in [6, 6.07) is 29.4. The summed E-state index contributed by atoms with van der Waals surface area (Å²) in [5.74, 6) is -1.02. The number of hydrogen-bond donors (Lipinski definition) is 1. The summed E-state index contributed by atoms with van der Waals surface area (Å²) in [6.45, 7) is 3.49. The molecule has 1 N–H and O–H groups in total. The normalized spacial score (nSPS) is 14.4. The molecule has 1 aliphatic heterocycles. The van der Waals surface area contributed by atoms with Crippen molar-refractivity contribution in [1.29, 1.82) is 0 Å². The lowest BCUT2D eigenvalue weighted by atomic mass is 9.98. The molecule has 0 saturated carbocycles. The number of amides is 2. The van der Waals surface area contributed by atoms with Gasteiger partial charge in [-0.15, -0.1) is 0 Å². The molecule has 5 nitrogen and oxygen atoms in total. The van der Waals surface area contributed by atoms with Crippen molar-refractivity contribution in [3.05, 3.63) is 108 Å². The highest BCUT2D eigenvalue weighted by atomic mass is 16.2. The van der Waals surface area contributed by atoms with E-state index in [2.05, 4.69) is 22.3 Å². The van der Waals surface area contributed by atoms with Gasteiger partial charge in [-0.2, -0.15) is 0 Å². The van der Waals surface area contributed by atoms with Crippen molar-refractivity contribution in [2.75, 3.05) is 26.2 Å². The zero-order valence-electron chi connectivity index (χ0n) is 17.5. The van der Waals surface area contributed by atoms with Gasteiger partial charge in [0.2, 0.25) is 0 Å². The smallest absolute Gasteiger partial charge is 0.311 e. The predicted octanol–water partition coefficient (Wildman–Crippen LogP) is 3.24. The summed E-state index contributed by atoms with van der Waals surface area (Å²) in [4.78, 5) is 29.7. The van der Waals surface area contributed by atoms with Gasteiger partial charge in [-0.25, -0.2) is 0 Å². The second-order valence-electron chi connectivity index (χ2n) is 7.78. The minimum absolute atomic E-state index is 0.363. The maximum atomic E-state index is 12.9. The first-order valence-electron chi connectivity index (χ1n) is 10.7. The van der Waals surface area contributed by atoms with E-state index in [0.29, 0.717) is 13.1 Å². The second kappa shape index (κ2) is 10.0. The average Bonchev–Trinajstić information content (AvgIpc) is 2.84. The van der Waals surface area contributed by atoms with Crippen LogP contribution in [0.1, 0.15) is 22.7 Å². The average molecular weight is 414 g/mol. The van der Waals surface area contributed by atoms with Crippen molar-refractivity contribution >= 4 is 11.8 Å². The number of benzene rings is 3. The van der Waals surface area contributed by atoms with Crippen LogP contribution in [0, 0.1) is 0 Å². The van der Waals surface area contributed by atoms with Crippen LogP contribution in [0.15, 0.2) is 91.0 Å². The van der Waals surface area contributed by atoms with Crippen molar-refractivity contribution in [2.24, 2.45) is 0 Å². The Hall–Kier alpha value is -3.44. The van der Waals surface area contributed by atoms with Gasteiger partial charge < -0.3 is 10.2 Å². The van der Waals surface area contributed by atoms with Gasteiger partial charge in [0, 0.05) is 32.7 Å². The van der Waals surface area contributed by atoms with E-state index in [0.717, 1.165) is 30.8 Å². The van der Waals surface area contributed by atoms with E-state index in [1.54, 1.807) is 4.90 Å². The Kier molecular flexibility index (Phi) is 6.75. The van der Waals surface area contributed by atoms with Crippen LogP contribution in [0.2, 0.25) is 0 Å². The van der Waals surface area contributed by atoms with Gasteiger partial charge >= 0.3 is 11.8 Å². The highest BCUT2D eigenvalue weighted by Gasteiger charge is 2.28. The van der Waals surface area contributed by atoms with Crippen LogP contribution < -0.4 is 5.32 Å². The van der Waals surface area contributed by atoms with E-state index in [4.69, 9.17) is 0 Å². The van der Waals surface area contributed by atoms with Crippen molar-refractivity contribution in [1.82, 2.24) is 15.1 Å². The molecule has 1 fully saturated rings. The molecule has 158 valence electrons. The Bertz CT molecular complexity index is 945. The molecular formula is C26H27N3O2. The van der Waals surface area contributed by atoms with Crippen LogP contribution >= 0.6 is 0 Å². The van der Waals surface area contributed by atoms with E-state index in [-0.39, 0.29) is 6.04 Å². The molecule has 3 aromatic rings. The number of nitrogens with one attached hydrogen (secondary N) is 1. The number of hydrogen-bond acceptors (Lipinski definition) is 3. The summed E-state index contributed by atoms with van der Waals surface area (Å²) >= 11 is 0. The maximum absolute atomic E-state index is 12.9. The first kappa shape index (κ1) is 20.8. The Morgan fingerprint density at radius 2 is 1.19 bits per heavy atom. The van der Waals surface area contributed by atoms with Crippen molar-refractivity contribution in [3.63, 3.8) is 0 Å². The first-order chi connectivity index (χ1) is 15.2. The van der Waals surface area contributed by atoms with Gasteiger partial charge in [-0.1, -0.05) is 91.0 Å². The van der Waals surface area contributed by atoms with E-state index in [1.165, 1.54) is 5.56 Å². The number of carbonyl (C=O) groups excluding carboxylic acids is 2.